The van der Waals surface area contributed by atoms with Crippen molar-refractivity contribution in [3.8, 4) is 5.75 Å². The number of likely N-dealkylation sites (N-methyl/N-ethyl adjacent to an activating group) is 1. The number of nitrogens with zero attached hydrogens (tertiary/aromatic N) is 1. The summed E-state index contributed by atoms with van der Waals surface area (Å²) in [6, 6.07) is 5.51. The van der Waals surface area contributed by atoms with Crippen LogP contribution in [0.5, 0.6) is 5.75 Å². The van der Waals surface area contributed by atoms with Crippen molar-refractivity contribution in [1.82, 2.24) is 5.32 Å². The molecule has 0 radical (unpaired) electrons. The van der Waals surface area contributed by atoms with Crippen molar-refractivity contribution >= 4 is 17.3 Å². The van der Waals surface area contributed by atoms with Gasteiger partial charge in [0, 0.05) is 19.2 Å². The first-order valence-corrected chi connectivity index (χ1v) is 5.88. The molecular formula is C13H21N3O2. The fraction of sp³-hybridized carbons (Fsp3) is 0.462. The fourth-order valence-electron chi connectivity index (χ4n) is 1.65. The number of carbonyl (C=O) groups excluding carboxylic acids is 1. The predicted octanol–water partition coefficient (Wildman–Crippen LogP) is 1.24. The summed E-state index contributed by atoms with van der Waals surface area (Å²) in [4.78, 5) is 13.5. The Morgan fingerprint density at radius 3 is 2.72 bits per heavy atom. The fourth-order valence-corrected chi connectivity index (χ4v) is 1.65. The minimum absolute atomic E-state index is 0.0327. The van der Waals surface area contributed by atoms with Crippen molar-refractivity contribution in [3.05, 3.63) is 18.2 Å². The lowest BCUT2D eigenvalue weighted by Crippen LogP contribution is -2.38. The molecule has 5 nitrogen and oxygen atoms in total. The van der Waals surface area contributed by atoms with Crippen LogP contribution in [-0.2, 0) is 4.79 Å². The van der Waals surface area contributed by atoms with E-state index < -0.39 is 0 Å². The van der Waals surface area contributed by atoms with E-state index in [2.05, 4.69) is 5.32 Å². The molecule has 0 aliphatic heterocycles. The molecule has 3 N–H and O–H groups in total. The Morgan fingerprint density at radius 1 is 1.50 bits per heavy atom. The lowest BCUT2D eigenvalue weighted by Gasteiger charge is -2.21. The van der Waals surface area contributed by atoms with Crippen LogP contribution in [0.1, 0.15) is 13.8 Å². The third-order valence-electron chi connectivity index (χ3n) is 2.48. The molecule has 0 saturated heterocycles. The summed E-state index contributed by atoms with van der Waals surface area (Å²) in [6.45, 7) is 4.12. The summed E-state index contributed by atoms with van der Waals surface area (Å²) in [5, 5.41) is 2.84. The van der Waals surface area contributed by atoms with E-state index >= 15 is 0 Å². The van der Waals surface area contributed by atoms with Crippen molar-refractivity contribution < 1.29 is 9.53 Å². The zero-order valence-corrected chi connectivity index (χ0v) is 11.4. The minimum Gasteiger partial charge on any atom is -0.497 e. The molecule has 5 heteroatoms. The van der Waals surface area contributed by atoms with Crippen molar-refractivity contribution in [1.29, 1.82) is 0 Å². The van der Waals surface area contributed by atoms with Crippen LogP contribution in [0.25, 0.3) is 0 Å². The third kappa shape index (κ3) is 3.84. The van der Waals surface area contributed by atoms with E-state index in [1.807, 2.05) is 27.0 Å². The number of nitrogen functional groups attached to an aromatic ring is 1. The number of rotatable bonds is 5. The SMILES string of the molecule is COc1ccc(N)c(N(C)CC(=O)NC(C)C)c1. The number of ether oxygens (including phenoxy) is 1. The summed E-state index contributed by atoms with van der Waals surface area (Å²) < 4.78 is 5.15. The Morgan fingerprint density at radius 2 is 2.17 bits per heavy atom. The highest BCUT2D eigenvalue weighted by Crippen LogP contribution is 2.26. The Labute approximate surface area is 108 Å². The first kappa shape index (κ1) is 14.2. The van der Waals surface area contributed by atoms with E-state index in [4.69, 9.17) is 10.5 Å². The van der Waals surface area contributed by atoms with Gasteiger partial charge in [0.1, 0.15) is 5.75 Å². The largest absolute Gasteiger partial charge is 0.497 e. The molecular weight excluding hydrogens is 230 g/mol. The Bertz CT molecular complexity index is 419. The first-order valence-electron chi connectivity index (χ1n) is 5.88. The van der Waals surface area contributed by atoms with Gasteiger partial charge in [0.05, 0.1) is 25.0 Å². The summed E-state index contributed by atoms with van der Waals surface area (Å²) in [6.07, 6.45) is 0. The molecule has 0 aliphatic carbocycles. The maximum atomic E-state index is 11.7. The van der Waals surface area contributed by atoms with Crippen LogP contribution < -0.4 is 20.7 Å². The average Bonchev–Trinajstić information content (AvgIpc) is 2.28. The Kier molecular flexibility index (Phi) is 4.83. The van der Waals surface area contributed by atoms with Crippen molar-refractivity contribution in [3.63, 3.8) is 0 Å². The molecule has 100 valence electrons. The van der Waals surface area contributed by atoms with Crippen LogP contribution in [0.15, 0.2) is 18.2 Å². The lowest BCUT2D eigenvalue weighted by molar-refractivity contribution is -0.120. The molecule has 1 aromatic rings. The van der Waals surface area contributed by atoms with E-state index in [-0.39, 0.29) is 18.5 Å². The number of benzene rings is 1. The van der Waals surface area contributed by atoms with E-state index in [1.165, 1.54) is 0 Å². The molecule has 0 heterocycles. The van der Waals surface area contributed by atoms with Crippen molar-refractivity contribution in [2.45, 2.75) is 19.9 Å². The van der Waals surface area contributed by atoms with Gasteiger partial charge in [-0.3, -0.25) is 4.79 Å². The van der Waals surface area contributed by atoms with E-state index in [0.717, 1.165) is 11.4 Å². The first-order chi connectivity index (χ1) is 8.43. The van der Waals surface area contributed by atoms with E-state index in [9.17, 15) is 4.79 Å². The number of nitrogens with one attached hydrogen (secondary N) is 1. The number of hydrogen-bond donors (Lipinski definition) is 2. The Hall–Kier alpha value is -1.91. The highest BCUT2D eigenvalue weighted by atomic mass is 16.5. The average molecular weight is 251 g/mol. The number of carbonyl (C=O) groups is 1. The molecule has 0 aromatic heterocycles. The van der Waals surface area contributed by atoms with E-state index in [1.54, 1.807) is 24.1 Å². The smallest absolute Gasteiger partial charge is 0.239 e. The van der Waals surface area contributed by atoms with Gasteiger partial charge in [-0.25, -0.2) is 0 Å². The maximum Gasteiger partial charge on any atom is 0.239 e. The predicted molar refractivity (Wildman–Crippen MR) is 74.0 cm³/mol. The second-order valence-corrected chi connectivity index (χ2v) is 4.50. The lowest BCUT2D eigenvalue weighted by atomic mass is 10.2. The second kappa shape index (κ2) is 6.14. The summed E-state index contributed by atoms with van der Waals surface area (Å²) in [5.41, 5.74) is 7.30. The standard InChI is InChI=1S/C13H21N3O2/c1-9(2)15-13(17)8-16(3)12-7-10(18-4)5-6-11(12)14/h5-7,9H,8,14H2,1-4H3,(H,15,17). The molecule has 0 unspecified atom stereocenters. The zero-order chi connectivity index (χ0) is 13.7. The van der Waals surface area contributed by atoms with Crippen LogP contribution in [0.4, 0.5) is 11.4 Å². The van der Waals surface area contributed by atoms with Gasteiger partial charge in [0.25, 0.3) is 0 Å². The van der Waals surface area contributed by atoms with E-state index in [0.29, 0.717) is 5.69 Å². The molecule has 0 atom stereocenters. The molecule has 0 spiro atoms. The molecule has 0 bridgehead atoms. The molecule has 1 aromatic carbocycles. The zero-order valence-electron chi connectivity index (χ0n) is 11.4. The van der Waals surface area contributed by atoms with Gasteiger partial charge >= 0.3 is 0 Å². The van der Waals surface area contributed by atoms with Crippen molar-refractivity contribution in [2.75, 3.05) is 31.3 Å². The molecule has 0 saturated carbocycles. The number of hydrogen-bond acceptors (Lipinski definition) is 4. The minimum atomic E-state index is -0.0327. The monoisotopic (exact) mass is 251 g/mol. The van der Waals surface area contributed by atoms with Gasteiger partial charge in [-0.15, -0.1) is 0 Å². The van der Waals surface area contributed by atoms with Gasteiger partial charge < -0.3 is 20.7 Å². The molecule has 1 rings (SSSR count). The summed E-state index contributed by atoms with van der Waals surface area (Å²) in [7, 11) is 3.42. The van der Waals surface area contributed by atoms with Crippen LogP contribution in [-0.4, -0.2) is 32.7 Å². The molecule has 0 aliphatic rings. The van der Waals surface area contributed by atoms with Crippen molar-refractivity contribution in [2.24, 2.45) is 0 Å². The topological polar surface area (TPSA) is 67.6 Å². The normalized spacial score (nSPS) is 10.3. The number of amides is 1. The number of methoxy groups -OCH3 is 1. The molecule has 18 heavy (non-hydrogen) atoms. The number of anilines is 2. The van der Waals surface area contributed by atoms with Gasteiger partial charge in [-0.05, 0) is 26.0 Å². The van der Waals surface area contributed by atoms with Crippen LogP contribution >= 0.6 is 0 Å². The van der Waals surface area contributed by atoms with Crippen LogP contribution in [0.2, 0.25) is 0 Å². The van der Waals surface area contributed by atoms with Crippen LogP contribution in [0, 0.1) is 0 Å². The maximum absolute atomic E-state index is 11.7. The quantitative estimate of drug-likeness (QED) is 0.773. The second-order valence-electron chi connectivity index (χ2n) is 4.50. The highest BCUT2D eigenvalue weighted by Gasteiger charge is 2.11. The molecule has 0 fully saturated rings. The highest BCUT2D eigenvalue weighted by molar-refractivity contribution is 5.83. The number of nitrogens with two attached hydrogens (primary N) is 1. The third-order valence-corrected chi connectivity index (χ3v) is 2.48. The summed E-state index contributed by atoms with van der Waals surface area (Å²) in [5.74, 6) is 0.685. The van der Waals surface area contributed by atoms with Gasteiger partial charge in [0.2, 0.25) is 5.91 Å². The molecule has 1 amide bonds. The summed E-state index contributed by atoms with van der Waals surface area (Å²) >= 11 is 0. The Balaban J connectivity index is 2.77. The van der Waals surface area contributed by atoms with Gasteiger partial charge in [-0.2, -0.15) is 0 Å². The van der Waals surface area contributed by atoms with Gasteiger partial charge in [0.15, 0.2) is 0 Å². The van der Waals surface area contributed by atoms with Crippen LogP contribution in [0.3, 0.4) is 0 Å². The van der Waals surface area contributed by atoms with Gasteiger partial charge in [-0.1, -0.05) is 0 Å².